The maximum atomic E-state index is 9.54. The van der Waals surface area contributed by atoms with Crippen molar-refractivity contribution in [1.29, 1.82) is 0 Å². The maximum absolute atomic E-state index is 9.54. The number of methoxy groups -OCH3 is 2. The minimum absolute atomic E-state index is 0.0941. The van der Waals surface area contributed by atoms with Crippen molar-refractivity contribution in [2.45, 2.75) is 18.4 Å². The van der Waals surface area contributed by atoms with Crippen LogP contribution >= 0.6 is 0 Å². The van der Waals surface area contributed by atoms with Crippen LogP contribution in [0, 0.1) is 12.3 Å². The normalized spacial score (nSPS) is 11.3. The van der Waals surface area contributed by atoms with Gasteiger partial charge < -0.3 is 19.3 Å². The van der Waals surface area contributed by atoms with Crippen LogP contribution in [0.3, 0.4) is 0 Å². The average molecular weight is 474 g/mol. The molecule has 0 aliphatic carbocycles. The highest BCUT2D eigenvalue weighted by Crippen LogP contribution is 2.41. The molecule has 0 unspecified atom stereocenters. The summed E-state index contributed by atoms with van der Waals surface area (Å²) in [6, 6.07) is 26.3. The molecular weight excluding hydrogens is 438 g/mol. The molecule has 1 N–H and O–H groups in total. The molecule has 3 aromatic rings. The summed E-state index contributed by atoms with van der Waals surface area (Å²) in [6.07, 6.45) is 7.02. The Balaban J connectivity index is 2.02. The van der Waals surface area contributed by atoms with Crippen molar-refractivity contribution in [3.05, 3.63) is 95.6 Å². The Morgan fingerprint density at radius 1 is 0.771 bits per heavy atom. The third kappa shape index (κ3) is 6.64. The zero-order valence-electron chi connectivity index (χ0n) is 20.7. The summed E-state index contributed by atoms with van der Waals surface area (Å²) in [6.45, 7) is 2.63. The highest BCUT2D eigenvalue weighted by Gasteiger charge is 2.37. The van der Waals surface area contributed by atoms with Gasteiger partial charge in [-0.15, -0.1) is 12.3 Å². The van der Waals surface area contributed by atoms with E-state index in [2.05, 4.69) is 47.2 Å². The topological polar surface area (TPSA) is 51.2 Å². The van der Waals surface area contributed by atoms with E-state index in [4.69, 9.17) is 20.6 Å². The van der Waals surface area contributed by atoms with Crippen LogP contribution in [0.25, 0.3) is 0 Å². The standard InChI is InChI=1S/C30H35NO4/c1-4-5-9-20-31(21-23-32)22-24-35-30(25-10-7-6-8-11-25,26-12-16-28(33-2)17-13-26)27-14-18-29(34-3)19-15-27/h1,6-8,10-19,32H,5,9,20-24H2,2-3H3. The number of nitrogens with zero attached hydrogens (tertiary/aromatic N) is 1. The molecule has 0 heterocycles. The lowest BCUT2D eigenvalue weighted by molar-refractivity contribution is -0.000679. The molecule has 0 fully saturated rings. The van der Waals surface area contributed by atoms with Gasteiger partial charge in [-0.3, -0.25) is 4.90 Å². The Hall–Kier alpha value is -3.30. The summed E-state index contributed by atoms with van der Waals surface area (Å²) in [5.74, 6) is 4.26. The second-order valence-electron chi connectivity index (χ2n) is 8.23. The molecule has 0 spiro atoms. The van der Waals surface area contributed by atoms with Crippen LogP contribution in [-0.4, -0.2) is 57.1 Å². The summed E-state index contributed by atoms with van der Waals surface area (Å²) < 4.78 is 17.7. The number of benzene rings is 3. The van der Waals surface area contributed by atoms with E-state index in [9.17, 15) is 5.11 Å². The first kappa shape index (κ1) is 26.3. The van der Waals surface area contributed by atoms with E-state index in [0.29, 0.717) is 26.1 Å². The number of hydrogen-bond acceptors (Lipinski definition) is 5. The molecule has 0 aliphatic heterocycles. The van der Waals surface area contributed by atoms with E-state index >= 15 is 0 Å². The molecule has 0 radical (unpaired) electrons. The van der Waals surface area contributed by atoms with Crippen LogP contribution in [0.2, 0.25) is 0 Å². The van der Waals surface area contributed by atoms with Crippen molar-refractivity contribution < 1.29 is 19.3 Å². The highest BCUT2D eigenvalue weighted by atomic mass is 16.5. The third-order valence-corrected chi connectivity index (χ3v) is 6.11. The van der Waals surface area contributed by atoms with Crippen LogP contribution in [0.15, 0.2) is 78.9 Å². The van der Waals surface area contributed by atoms with Crippen LogP contribution in [0.4, 0.5) is 0 Å². The SMILES string of the molecule is C#CCCCN(CCO)CCOC(c1ccccc1)(c1ccc(OC)cc1)c1ccc(OC)cc1. The van der Waals surface area contributed by atoms with Gasteiger partial charge in [-0.05, 0) is 53.9 Å². The molecule has 0 aliphatic rings. The van der Waals surface area contributed by atoms with Gasteiger partial charge in [0.2, 0.25) is 0 Å². The number of hydrogen-bond donors (Lipinski definition) is 1. The molecule has 5 heteroatoms. The number of aliphatic hydroxyl groups excluding tert-OH is 1. The number of ether oxygens (including phenoxy) is 3. The fraction of sp³-hybridized carbons (Fsp3) is 0.333. The third-order valence-electron chi connectivity index (χ3n) is 6.11. The van der Waals surface area contributed by atoms with Gasteiger partial charge in [0.05, 0.1) is 27.4 Å². The average Bonchev–Trinajstić information content (AvgIpc) is 2.92. The second-order valence-corrected chi connectivity index (χ2v) is 8.23. The van der Waals surface area contributed by atoms with E-state index in [1.54, 1.807) is 14.2 Å². The van der Waals surface area contributed by atoms with Crippen molar-refractivity contribution >= 4 is 0 Å². The van der Waals surface area contributed by atoms with E-state index in [1.807, 2.05) is 42.5 Å². The van der Waals surface area contributed by atoms with Crippen LogP contribution in [0.1, 0.15) is 29.5 Å². The first-order valence-corrected chi connectivity index (χ1v) is 11.9. The lowest BCUT2D eigenvalue weighted by atomic mass is 9.80. The van der Waals surface area contributed by atoms with Crippen molar-refractivity contribution in [1.82, 2.24) is 4.90 Å². The predicted octanol–water partition coefficient (Wildman–Crippen LogP) is 4.72. The predicted molar refractivity (Wildman–Crippen MR) is 140 cm³/mol. The molecule has 0 bridgehead atoms. The Morgan fingerprint density at radius 2 is 1.31 bits per heavy atom. The minimum atomic E-state index is -0.844. The Morgan fingerprint density at radius 3 is 1.80 bits per heavy atom. The molecule has 0 saturated heterocycles. The zero-order chi connectivity index (χ0) is 24.9. The van der Waals surface area contributed by atoms with Crippen LogP contribution in [0.5, 0.6) is 11.5 Å². The molecule has 0 amide bonds. The van der Waals surface area contributed by atoms with Gasteiger partial charge in [0.25, 0.3) is 0 Å². The highest BCUT2D eigenvalue weighted by molar-refractivity contribution is 5.49. The smallest absolute Gasteiger partial charge is 0.143 e. The summed E-state index contributed by atoms with van der Waals surface area (Å²) in [7, 11) is 3.32. The molecular formula is C30H35NO4. The molecule has 3 rings (SSSR count). The first-order valence-electron chi connectivity index (χ1n) is 11.9. The number of rotatable bonds is 14. The Kier molecular flexibility index (Phi) is 10.2. The quantitative estimate of drug-likeness (QED) is 0.209. The molecule has 5 nitrogen and oxygen atoms in total. The number of aliphatic hydroxyl groups is 1. The molecule has 35 heavy (non-hydrogen) atoms. The largest absolute Gasteiger partial charge is 0.497 e. The summed E-state index contributed by atoms with van der Waals surface area (Å²) in [5, 5.41) is 9.54. The zero-order valence-corrected chi connectivity index (χ0v) is 20.7. The van der Waals surface area contributed by atoms with E-state index in [0.717, 1.165) is 41.2 Å². The summed E-state index contributed by atoms with van der Waals surface area (Å²) in [4.78, 5) is 2.19. The molecule has 3 aromatic carbocycles. The lowest BCUT2D eigenvalue weighted by Crippen LogP contribution is -2.37. The van der Waals surface area contributed by atoms with Gasteiger partial charge >= 0.3 is 0 Å². The van der Waals surface area contributed by atoms with Crippen molar-refractivity contribution in [3.8, 4) is 23.8 Å². The van der Waals surface area contributed by atoms with Gasteiger partial charge in [0.1, 0.15) is 17.1 Å². The molecule has 184 valence electrons. The maximum Gasteiger partial charge on any atom is 0.143 e. The summed E-state index contributed by atoms with van der Waals surface area (Å²) in [5.41, 5.74) is 2.17. The number of terminal acetylenes is 1. The van der Waals surface area contributed by atoms with E-state index < -0.39 is 5.60 Å². The molecule has 0 saturated carbocycles. The summed E-state index contributed by atoms with van der Waals surface area (Å²) >= 11 is 0. The van der Waals surface area contributed by atoms with Crippen molar-refractivity contribution in [2.24, 2.45) is 0 Å². The van der Waals surface area contributed by atoms with E-state index in [-0.39, 0.29) is 6.61 Å². The molecule has 0 atom stereocenters. The van der Waals surface area contributed by atoms with E-state index in [1.165, 1.54) is 0 Å². The van der Waals surface area contributed by atoms with Gasteiger partial charge in [0, 0.05) is 19.5 Å². The second kappa shape index (κ2) is 13.6. The monoisotopic (exact) mass is 473 g/mol. The van der Waals surface area contributed by atoms with Crippen LogP contribution < -0.4 is 9.47 Å². The van der Waals surface area contributed by atoms with Crippen molar-refractivity contribution in [3.63, 3.8) is 0 Å². The fourth-order valence-corrected chi connectivity index (χ4v) is 4.28. The van der Waals surface area contributed by atoms with Gasteiger partial charge in [-0.1, -0.05) is 54.6 Å². The van der Waals surface area contributed by atoms with Gasteiger partial charge in [-0.25, -0.2) is 0 Å². The fourth-order valence-electron chi connectivity index (χ4n) is 4.28. The molecule has 0 aromatic heterocycles. The number of unbranched alkanes of at least 4 members (excludes halogenated alkanes) is 1. The minimum Gasteiger partial charge on any atom is -0.497 e. The van der Waals surface area contributed by atoms with Crippen LogP contribution in [-0.2, 0) is 10.3 Å². The Bertz CT molecular complexity index is 995. The Labute approximate surface area is 209 Å². The lowest BCUT2D eigenvalue weighted by Gasteiger charge is -2.37. The first-order chi connectivity index (χ1) is 17.2. The van der Waals surface area contributed by atoms with Gasteiger partial charge in [-0.2, -0.15) is 0 Å². The van der Waals surface area contributed by atoms with Crippen molar-refractivity contribution in [2.75, 3.05) is 47.1 Å². The van der Waals surface area contributed by atoms with Gasteiger partial charge in [0.15, 0.2) is 0 Å².